The Kier molecular flexibility index (Phi) is 6.11. The van der Waals surface area contributed by atoms with Crippen molar-refractivity contribution in [3.63, 3.8) is 0 Å². The third-order valence-electron chi connectivity index (χ3n) is 4.59. The van der Waals surface area contributed by atoms with Crippen molar-refractivity contribution in [1.29, 1.82) is 0 Å². The maximum Gasteiger partial charge on any atom is 0.349 e. The van der Waals surface area contributed by atoms with E-state index in [0.717, 1.165) is 20.3 Å². The Morgan fingerprint density at radius 1 is 1.17 bits per heavy atom. The van der Waals surface area contributed by atoms with Crippen LogP contribution >= 0.6 is 59.6 Å². The van der Waals surface area contributed by atoms with Gasteiger partial charge in [0.15, 0.2) is 5.58 Å². The molecule has 29 heavy (non-hydrogen) atoms. The molecule has 9 heteroatoms. The molecule has 1 amide bonds. The van der Waals surface area contributed by atoms with Crippen LogP contribution in [0, 0.1) is 0 Å². The molecule has 0 saturated carbocycles. The lowest BCUT2D eigenvalue weighted by molar-refractivity contribution is 0.0755. The van der Waals surface area contributed by atoms with E-state index in [-0.39, 0.29) is 16.8 Å². The van der Waals surface area contributed by atoms with E-state index in [1.807, 2.05) is 24.3 Å². The van der Waals surface area contributed by atoms with Gasteiger partial charge in [-0.15, -0.1) is 11.8 Å². The Hall–Kier alpha value is -1.29. The summed E-state index contributed by atoms with van der Waals surface area (Å²) in [6, 6.07) is 10.9. The highest BCUT2D eigenvalue weighted by atomic mass is 79.9. The number of carbonyl (C=O) groups is 1. The number of fused-ring (bicyclic) bond motifs is 1. The second-order valence-corrected chi connectivity index (χ2v) is 10.2. The molecule has 1 aliphatic heterocycles. The van der Waals surface area contributed by atoms with Crippen LogP contribution in [-0.2, 0) is 0 Å². The van der Waals surface area contributed by atoms with Crippen LogP contribution in [0.5, 0.6) is 5.75 Å². The first-order chi connectivity index (χ1) is 13.9. The number of carbonyl (C=O) groups excluding carboxylic acids is 1. The third-order valence-corrected chi connectivity index (χ3v) is 7.37. The number of benzene rings is 2. The molecular formula is C20H14Br3NO4S. The highest BCUT2D eigenvalue weighted by Gasteiger charge is 2.34. The summed E-state index contributed by atoms with van der Waals surface area (Å²) in [6.07, 6.45) is 0. The Balaban J connectivity index is 1.77. The SMILES string of the molecule is COc1ccc(Br)cc1[C@H]1SCCN1C(=O)c1cc2cc(Br)cc(Br)c2oc1=O. The number of rotatable bonds is 3. The van der Waals surface area contributed by atoms with Gasteiger partial charge in [0.25, 0.3) is 5.91 Å². The number of hydrogen-bond acceptors (Lipinski definition) is 5. The first kappa shape index (κ1) is 21.0. The zero-order valence-corrected chi connectivity index (χ0v) is 20.7. The van der Waals surface area contributed by atoms with E-state index in [1.165, 1.54) is 0 Å². The molecule has 0 bridgehead atoms. The summed E-state index contributed by atoms with van der Waals surface area (Å²) in [6.45, 7) is 0.531. The molecule has 0 aliphatic carbocycles. The number of thioether (sulfide) groups is 1. The smallest absolute Gasteiger partial charge is 0.349 e. The van der Waals surface area contributed by atoms with Gasteiger partial charge in [0.1, 0.15) is 16.7 Å². The van der Waals surface area contributed by atoms with E-state index in [9.17, 15) is 9.59 Å². The lowest BCUT2D eigenvalue weighted by Gasteiger charge is -2.25. The average Bonchev–Trinajstić information content (AvgIpc) is 3.17. The van der Waals surface area contributed by atoms with E-state index in [4.69, 9.17) is 9.15 Å². The van der Waals surface area contributed by atoms with Crippen LogP contribution < -0.4 is 10.4 Å². The zero-order chi connectivity index (χ0) is 20.7. The molecule has 1 fully saturated rings. The lowest BCUT2D eigenvalue weighted by atomic mass is 10.1. The molecule has 0 radical (unpaired) electrons. The normalized spacial score (nSPS) is 16.4. The highest BCUT2D eigenvalue weighted by molar-refractivity contribution is 9.11. The molecule has 1 saturated heterocycles. The topological polar surface area (TPSA) is 59.8 Å². The fraction of sp³-hybridized carbons (Fsp3) is 0.200. The van der Waals surface area contributed by atoms with Gasteiger partial charge in [0.05, 0.1) is 11.6 Å². The van der Waals surface area contributed by atoms with Crippen molar-refractivity contribution >= 4 is 76.4 Å². The molecule has 3 aromatic rings. The largest absolute Gasteiger partial charge is 0.496 e. The summed E-state index contributed by atoms with van der Waals surface area (Å²) in [4.78, 5) is 27.6. The summed E-state index contributed by atoms with van der Waals surface area (Å²) in [5.74, 6) is 1.11. The molecule has 5 nitrogen and oxygen atoms in total. The fourth-order valence-corrected chi connectivity index (χ4v) is 6.28. The predicted molar refractivity (Wildman–Crippen MR) is 125 cm³/mol. The van der Waals surface area contributed by atoms with Crippen molar-refractivity contribution in [2.45, 2.75) is 5.37 Å². The summed E-state index contributed by atoms with van der Waals surface area (Å²) >= 11 is 11.9. The summed E-state index contributed by atoms with van der Waals surface area (Å²) in [5.41, 5.74) is 0.662. The van der Waals surface area contributed by atoms with Crippen molar-refractivity contribution in [3.05, 3.63) is 71.4 Å². The van der Waals surface area contributed by atoms with Crippen LogP contribution in [0.25, 0.3) is 11.0 Å². The molecule has 1 aromatic heterocycles. The van der Waals surface area contributed by atoms with E-state index in [0.29, 0.717) is 27.7 Å². The average molecular weight is 604 g/mol. The minimum absolute atomic E-state index is 0.0176. The highest BCUT2D eigenvalue weighted by Crippen LogP contribution is 2.43. The minimum Gasteiger partial charge on any atom is -0.496 e. The van der Waals surface area contributed by atoms with Gasteiger partial charge in [-0.3, -0.25) is 4.79 Å². The Morgan fingerprint density at radius 2 is 1.97 bits per heavy atom. The monoisotopic (exact) mass is 601 g/mol. The van der Waals surface area contributed by atoms with Crippen molar-refractivity contribution < 1.29 is 13.9 Å². The van der Waals surface area contributed by atoms with E-state index >= 15 is 0 Å². The van der Waals surface area contributed by atoms with Crippen molar-refractivity contribution in [3.8, 4) is 5.75 Å². The van der Waals surface area contributed by atoms with Crippen molar-refractivity contribution in [2.75, 3.05) is 19.4 Å². The summed E-state index contributed by atoms with van der Waals surface area (Å²) in [7, 11) is 1.60. The van der Waals surface area contributed by atoms with Crippen molar-refractivity contribution in [2.24, 2.45) is 0 Å². The van der Waals surface area contributed by atoms with Crippen LogP contribution in [0.2, 0.25) is 0 Å². The second-order valence-electron chi connectivity index (χ2n) is 6.36. The lowest BCUT2D eigenvalue weighted by Crippen LogP contribution is -2.33. The molecule has 2 aromatic carbocycles. The summed E-state index contributed by atoms with van der Waals surface area (Å²) < 4.78 is 13.3. The third kappa shape index (κ3) is 4.02. The van der Waals surface area contributed by atoms with Crippen LogP contribution in [-0.4, -0.2) is 30.2 Å². The zero-order valence-electron chi connectivity index (χ0n) is 15.1. The van der Waals surface area contributed by atoms with Gasteiger partial charge in [0.2, 0.25) is 0 Å². The number of hydrogen-bond donors (Lipinski definition) is 0. The first-order valence-electron chi connectivity index (χ1n) is 8.58. The summed E-state index contributed by atoms with van der Waals surface area (Å²) in [5, 5.41) is 0.414. The molecule has 0 N–H and O–H groups in total. The fourth-order valence-electron chi connectivity index (χ4n) is 3.29. The van der Waals surface area contributed by atoms with Crippen LogP contribution in [0.3, 0.4) is 0 Å². The van der Waals surface area contributed by atoms with Gasteiger partial charge < -0.3 is 14.1 Å². The Bertz CT molecular complexity index is 1180. The molecule has 0 spiro atoms. The number of nitrogens with zero attached hydrogens (tertiary/aromatic N) is 1. The van der Waals surface area contributed by atoms with Crippen LogP contribution in [0.1, 0.15) is 21.3 Å². The second kappa shape index (κ2) is 8.45. The van der Waals surface area contributed by atoms with Gasteiger partial charge in [-0.1, -0.05) is 31.9 Å². The first-order valence-corrected chi connectivity index (χ1v) is 12.0. The molecule has 1 atom stereocenters. The molecular weight excluding hydrogens is 590 g/mol. The maximum absolute atomic E-state index is 13.3. The van der Waals surface area contributed by atoms with E-state index in [2.05, 4.69) is 47.8 Å². The van der Waals surface area contributed by atoms with Gasteiger partial charge in [-0.2, -0.15) is 0 Å². The predicted octanol–water partition coefficient (Wildman–Crippen LogP) is 5.98. The molecule has 0 unspecified atom stereocenters. The number of halogens is 3. The quantitative estimate of drug-likeness (QED) is 0.345. The van der Waals surface area contributed by atoms with Gasteiger partial charge in [0, 0.05) is 32.2 Å². The molecule has 2 heterocycles. The number of amides is 1. The Morgan fingerprint density at radius 3 is 2.72 bits per heavy atom. The van der Waals surface area contributed by atoms with Gasteiger partial charge in [-0.25, -0.2) is 4.79 Å². The molecule has 150 valence electrons. The maximum atomic E-state index is 13.3. The molecule has 4 rings (SSSR count). The van der Waals surface area contributed by atoms with Crippen LogP contribution in [0.15, 0.2) is 59.0 Å². The van der Waals surface area contributed by atoms with Gasteiger partial charge in [-0.05, 0) is 52.3 Å². The van der Waals surface area contributed by atoms with E-state index < -0.39 is 5.63 Å². The number of methoxy groups -OCH3 is 1. The standard InChI is InChI=1S/C20H14Br3NO4S/c1-27-16-3-2-11(21)8-13(16)19-24(4-5-29-19)18(25)14-7-10-6-12(22)9-15(23)17(10)28-20(14)26/h2-3,6-9,19H,4-5H2,1H3/t19-/m1/s1. The Labute approximate surface area is 196 Å². The minimum atomic E-state index is -0.651. The molecule has 1 aliphatic rings. The number of ether oxygens (including phenoxy) is 1. The van der Waals surface area contributed by atoms with Crippen LogP contribution in [0.4, 0.5) is 0 Å². The van der Waals surface area contributed by atoms with E-state index in [1.54, 1.807) is 35.9 Å². The van der Waals surface area contributed by atoms with Gasteiger partial charge >= 0.3 is 5.63 Å². The van der Waals surface area contributed by atoms with Crippen molar-refractivity contribution in [1.82, 2.24) is 4.90 Å².